The van der Waals surface area contributed by atoms with E-state index >= 15 is 0 Å². The lowest BCUT2D eigenvalue weighted by molar-refractivity contribution is -0.122. The van der Waals surface area contributed by atoms with Gasteiger partial charge in [-0.05, 0) is 62.0 Å². The van der Waals surface area contributed by atoms with Gasteiger partial charge in [0.05, 0.1) is 7.11 Å². The molecule has 0 unspecified atom stereocenters. The minimum atomic E-state index is 0.226. The smallest absolute Gasteiger partial charge is 0.220 e. The van der Waals surface area contributed by atoms with Crippen molar-refractivity contribution < 1.29 is 9.53 Å². The fraction of sp³-hybridized carbons (Fsp3) is 0.632. The van der Waals surface area contributed by atoms with E-state index in [0.29, 0.717) is 12.5 Å². The average molecular weight is 301 g/mol. The molecule has 0 heterocycles. The van der Waals surface area contributed by atoms with E-state index < -0.39 is 0 Å². The van der Waals surface area contributed by atoms with E-state index in [-0.39, 0.29) is 5.91 Å². The molecular formula is C19H27NO2. The van der Waals surface area contributed by atoms with Crippen molar-refractivity contribution in [3.05, 3.63) is 29.3 Å². The van der Waals surface area contributed by atoms with Crippen LogP contribution in [0.5, 0.6) is 5.75 Å². The van der Waals surface area contributed by atoms with Crippen molar-refractivity contribution >= 4 is 5.91 Å². The first-order valence-corrected chi connectivity index (χ1v) is 8.56. The second kappa shape index (κ2) is 6.72. The summed E-state index contributed by atoms with van der Waals surface area (Å²) in [5.41, 5.74) is 2.40. The number of benzene rings is 1. The molecule has 1 aromatic carbocycles. The maximum absolute atomic E-state index is 12.1. The van der Waals surface area contributed by atoms with Crippen LogP contribution >= 0.6 is 0 Å². The lowest BCUT2D eigenvalue weighted by Gasteiger charge is -2.21. The summed E-state index contributed by atoms with van der Waals surface area (Å²) >= 11 is 0. The molecule has 1 N–H and O–H groups in total. The van der Waals surface area contributed by atoms with Crippen LogP contribution in [-0.4, -0.2) is 19.6 Å². The molecule has 2 saturated carbocycles. The number of amides is 1. The first-order valence-electron chi connectivity index (χ1n) is 8.56. The summed E-state index contributed by atoms with van der Waals surface area (Å²) in [5, 5.41) is 3.09. The zero-order valence-corrected chi connectivity index (χ0v) is 13.7. The molecule has 120 valence electrons. The number of hydrogen-bond acceptors (Lipinski definition) is 2. The first kappa shape index (κ1) is 15.4. The summed E-state index contributed by atoms with van der Waals surface area (Å²) in [7, 11) is 1.70. The van der Waals surface area contributed by atoms with Gasteiger partial charge in [-0.2, -0.15) is 0 Å². The van der Waals surface area contributed by atoms with E-state index in [1.165, 1.54) is 36.8 Å². The summed E-state index contributed by atoms with van der Waals surface area (Å²) < 4.78 is 5.39. The van der Waals surface area contributed by atoms with Crippen LogP contribution in [-0.2, 0) is 11.2 Å². The minimum Gasteiger partial charge on any atom is -0.496 e. The standard InChI is InChI=1S/C19H27NO2/c1-13-3-6-18(22-2)16(9-13)7-8-20-19(21)12-17-11-14-4-5-15(17)10-14/h3,6,9,14-15,17H,4-5,7-8,10-12H2,1-2H3,(H,20,21)/t14-,15-,17-/m1/s1. The SMILES string of the molecule is COc1ccc(C)cc1CCNC(=O)C[C@H]1C[C@@H]2CC[C@@H]1C2. The number of hydrogen-bond donors (Lipinski definition) is 1. The van der Waals surface area contributed by atoms with Gasteiger partial charge in [0.2, 0.25) is 5.91 Å². The third kappa shape index (κ3) is 3.45. The molecule has 0 aromatic heterocycles. The second-order valence-electron chi connectivity index (χ2n) is 7.05. The van der Waals surface area contributed by atoms with Crippen LogP contribution in [0.25, 0.3) is 0 Å². The van der Waals surface area contributed by atoms with Gasteiger partial charge >= 0.3 is 0 Å². The number of nitrogens with one attached hydrogen (secondary N) is 1. The molecule has 3 heteroatoms. The Morgan fingerprint density at radius 1 is 1.32 bits per heavy atom. The number of carbonyl (C=O) groups excluding carboxylic acids is 1. The fourth-order valence-electron chi connectivity index (χ4n) is 4.38. The van der Waals surface area contributed by atoms with Crippen LogP contribution in [0.2, 0.25) is 0 Å². The molecule has 3 rings (SSSR count). The zero-order chi connectivity index (χ0) is 15.5. The molecular weight excluding hydrogens is 274 g/mol. The van der Waals surface area contributed by atoms with Crippen LogP contribution < -0.4 is 10.1 Å². The predicted octanol–water partition coefficient (Wildman–Crippen LogP) is 3.49. The molecule has 1 aromatic rings. The molecule has 2 aliphatic carbocycles. The van der Waals surface area contributed by atoms with E-state index in [0.717, 1.165) is 30.4 Å². The molecule has 0 spiro atoms. The molecule has 3 atom stereocenters. The lowest BCUT2D eigenvalue weighted by atomic mass is 9.86. The second-order valence-corrected chi connectivity index (χ2v) is 7.05. The van der Waals surface area contributed by atoms with Crippen LogP contribution in [0.15, 0.2) is 18.2 Å². The summed E-state index contributed by atoms with van der Waals surface area (Å²) in [6, 6.07) is 6.19. The highest BCUT2D eigenvalue weighted by atomic mass is 16.5. The number of carbonyl (C=O) groups is 1. The Kier molecular flexibility index (Phi) is 4.70. The Balaban J connectivity index is 1.45. The Morgan fingerprint density at radius 2 is 2.18 bits per heavy atom. The summed E-state index contributed by atoms with van der Waals surface area (Å²) in [6.45, 7) is 2.77. The number of methoxy groups -OCH3 is 1. The van der Waals surface area contributed by atoms with Crippen LogP contribution in [0.4, 0.5) is 0 Å². The fourth-order valence-corrected chi connectivity index (χ4v) is 4.38. The number of aryl methyl sites for hydroxylation is 1. The van der Waals surface area contributed by atoms with Crippen molar-refractivity contribution in [2.75, 3.05) is 13.7 Å². The maximum atomic E-state index is 12.1. The van der Waals surface area contributed by atoms with Gasteiger partial charge in [-0.3, -0.25) is 4.79 Å². The molecule has 22 heavy (non-hydrogen) atoms. The highest BCUT2D eigenvalue weighted by molar-refractivity contribution is 5.76. The maximum Gasteiger partial charge on any atom is 0.220 e. The van der Waals surface area contributed by atoms with E-state index in [9.17, 15) is 4.79 Å². The van der Waals surface area contributed by atoms with Gasteiger partial charge in [-0.25, -0.2) is 0 Å². The molecule has 2 fully saturated rings. The lowest BCUT2D eigenvalue weighted by Crippen LogP contribution is -2.29. The number of rotatable bonds is 6. The monoisotopic (exact) mass is 301 g/mol. The third-order valence-electron chi connectivity index (χ3n) is 5.48. The molecule has 0 aliphatic heterocycles. The van der Waals surface area contributed by atoms with E-state index in [1.807, 2.05) is 6.07 Å². The Morgan fingerprint density at radius 3 is 2.86 bits per heavy atom. The third-order valence-corrected chi connectivity index (χ3v) is 5.48. The summed E-state index contributed by atoms with van der Waals surface area (Å²) in [4.78, 5) is 12.1. The molecule has 3 nitrogen and oxygen atoms in total. The molecule has 0 saturated heterocycles. The predicted molar refractivity (Wildman–Crippen MR) is 88.0 cm³/mol. The van der Waals surface area contributed by atoms with Crippen molar-refractivity contribution in [1.82, 2.24) is 5.32 Å². The average Bonchev–Trinajstić information content (AvgIpc) is 3.10. The van der Waals surface area contributed by atoms with Crippen LogP contribution in [0, 0.1) is 24.7 Å². The van der Waals surface area contributed by atoms with Gasteiger partial charge in [0, 0.05) is 13.0 Å². The van der Waals surface area contributed by atoms with E-state index in [2.05, 4.69) is 24.4 Å². The zero-order valence-electron chi connectivity index (χ0n) is 13.7. The first-order chi connectivity index (χ1) is 10.7. The van der Waals surface area contributed by atoms with Gasteiger partial charge in [-0.15, -0.1) is 0 Å². The van der Waals surface area contributed by atoms with E-state index in [4.69, 9.17) is 4.74 Å². The van der Waals surface area contributed by atoms with Crippen LogP contribution in [0.1, 0.15) is 43.2 Å². The highest BCUT2D eigenvalue weighted by Gasteiger charge is 2.39. The van der Waals surface area contributed by atoms with Crippen LogP contribution in [0.3, 0.4) is 0 Å². The highest BCUT2D eigenvalue weighted by Crippen LogP contribution is 2.49. The van der Waals surface area contributed by atoms with Gasteiger partial charge in [-0.1, -0.05) is 24.1 Å². The van der Waals surface area contributed by atoms with Gasteiger partial charge in [0.1, 0.15) is 5.75 Å². The number of ether oxygens (including phenoxy) is 1. The van der Waals surface area contributed by atoms with Crippen molar-refractivity contribution in [2.24, 2.45) is 17.8 Å². The molecule has 0 radical (unpaired) electrons. The summed E-state index contributed by atoms with van der Waals surface area (Å²) in [6.07, 6.45) is 6.96. The van der Waals surface area contributed by atoms with Gasteiger partial charge < -0.3 is 10.1 Å². The molecule has 1 amide bonds. The quantitative estimate of drug-likeness (QED) is 0.873. The van der Waals surface area contributed by atoms with Crippen molar-refractivity contribution in [3.8, 4) is 5.75 Å². The topological polar surface area (TPSA) is 38.3 Å². The largest absolute Gasteiger partial charge is 0.496 e. The Hall–Kier alpha value is -1.51. The Labute approximate surface area is 133 Å². The normalized spacial score (nSPS) is 26.2. The molecule has 2 aliphatic rings. The minimum absolute atomic E-state index is 0.226. The van der Waals surface area contributed by atoms with E-state index in [1.54, 1.807) is 7.11 Å². The summed E-state index contributed by atoms with van der Waals surface area (Å²) in [5.74, 6) is 3.52. The van der Waals surface area contributed by atoms with Crippen molar-refractivity contribution in [1.29, 1.82) is 0 Å². The van der Waals surface area contributed by atoms with Crippen molar-refractivity contribution in [3.63, 3.8) is 0 Å². The number of fused-ring (bicyclic) bond motifs is 2. The molecule has 2 bridgehead atoms. The van der Waals surface area contributed by atoms with Crippen molar-refractivity contribution in [2.45, 2.75) is 45.4 Å². The Bertz CT molecular complexity index is 540. The van der Waals surface area contributed by atoms with Gasteiger partial charge in [0.15, 0.2) is 0 Å². The van der Waals surface area contributed by atoms with Gasteiger partial charge in [0.25, 0.3) is 0 Å².